The Labute approximate surface area is 134 Å². The van der Waals surface area contributed by atoms with Crippen LogP contribution in [0.1, 0.15) is 23.3 Å². The Hall–Kier alpha value is -1.89. The minimum absolute atomic E-state index is 0.190. The Morgan fingerprint density at radius 1 is 1.36 bits per heavy atom. The van der Waals surface area contributed by atoms with Crippen molar-refractivity contribution < 1.29 is 19.1 Å². The summed E-state index contributed by atoms with van der Waals surface area (Å²) in [6, 6.07) is 4.51. The summed E-state index contributed by atoms with van der Waals surface area (Å²) in [7, 11) is 0. The van der Waals surface area contributed by atoms with E-state index in [0.717, 1.165) is 0 Å². The number of carbonyl (C=O) groups is 2. The van der Waals surface area contributed by atoms with E-state index in [2.05, 4.69) is 20.9 Å². The largest absolute Gasteiger partial charge is 0.481 e. The number of nitrogens with one attached hydrogen (secondary N) is 1. The predicted molar refractivity (Wildman–Crippen MR) is 82.2 cm³/mol. The van der Waals surface area contributed by atoms with Gasteiger partial charge in [0.15, 0.2) is 0 Å². The maximum Gasteiger partial charge on any atom is 0.308 e. The average molecular weight is 369 g/mol. The molecule has 3 rings (SSSR count). The minimum atomic E-state index is -0.885. The fourth-order valence-corrected chi connectivity index (χ4v) is 3.24. The number of carbonyl (C=O) groups excluding carboxylic acids is 1. The first-order valence-corrected chi connectivity index (χ1v) is 7.75. The van der Waals surface area contributed by atoms with E-state index < -0.39 is 17.7 Å². The summed E-state index contributed by atoms with van der Waals surface area (Å²) < 4.78 is 14.5. The summed E-state index contributed by atoms with van der Waals surface area (Å²) in [5.74, 6) is -2.13. The molecule has 0 spiro atoms. The van der Waals surface area contributed by atoms with Gasteiger partial charge in [-0.2, -0.15) is 0 Å². The number of nitrogens with zero attached hydrogens (tertiary/aromatic N) is 1. The van der Waals surface area contributed by atoms with Gasteiger partial charge in [-0.05, 0) is 31.0 Å². The lowest BCUT2D eigenvalue weighted by Crippen LogP contribution is -2.42. The highest BCUT2D eigenvalue weighted by atomic mass is 79.9. The summed E-state index contributed by atoms with van der Waals surface area (Å²) in [5, 5.41) is 9.43. The minimum Gasteiger partial charge on any atom is -0.481 e. The number of amides is 1. The van der Waals surface area contributed by atoms with Crippen LogP contribution in [0, 0.1) is 11.7 Å². The summed E-state index contributed by atoms with van der Waals surface area (Å²) in [4.78, 5) is 28.0. The molecule has 7 heteroatoms. The molecule has 1 aromatic heterocycles. The van der Waals surface area contributed by atoms with Gasteiger partial charge >= 0.3 is 5.97 Å². The maximum atomic E-state index is 13.9. The lowest BCUT2D eigenvalue weighted by Gasteiger charge is -2.30. The number of carboxylic acids is 1. The van der Waals surface area contributed by atoms with Crippen molar-refractivity contribution in [2.24, 2.45) is 5.92 Å². The SMILES string of the molecule is O=C(O)C1CCCN(C(=O)c2cc3c(F)cc(Br)cc3[nH]2)C1. The van der Waals surface area contributed by atoms with Gasteiger partial charge in [-0.15, -0.1) is 0 Å². The number of carboxylic acid groups (broad SMARTS) is 1. The third kappa shape index (κ3) is 2.72. The van der Waals surface area contributed by atoms with Crippen molar-refractivity contribution in [2.45, 2.75) is 12.8 Å². The summed E-state index contributed by atoms with van der Waals surface area (Å²) in [5.41, 5.74) is 0.806. The zero-order chi connectivity index (χ0) is 15.9. The summed E-state index contributed by atoms with van der Waals surface area (Å²) in [6.45, 7) is 0.708. The predicted octanol–water partition coefficient (Wildman–Crippen LogP) is 3.01. The molecular weight excluding hydrogens is 355 g/mol. The number of fused-ring (bicyclic) bond motifs is 1. The number of H-pyrrole nitrogens is 1. The van der Waals surface area contributed by atoms with Crippen molar-refractivity contribution in [3.63, 3.8) is 0 Å². The molecule has 5 nitrogen and oxygen atoms in total. The Bertz CT molecular complexity index is 759. The first-order valence-electron chi connectivity index (χ1n) is 6.95. The zero-order valence-electron chi connectivity index (χ0n) is 11.6. The Morgan fingerprint density at radius 2 is 2.14 bits per heavy atom. The van der Waals surface area contributed by atoms with Crippen LogP contribution in [0.2, 0.25) is 0 Å². The number of hydrogen-bond acceptors (Lipinski definition) is 2. The molecule has 0 saturated carbocycles. The number of hydrogen-bond donors (Lipinski definition) is 2. The second kappa shape index (κ2) is 5.72. The standard InChI is InChI=1S/C15H14BrFN2O3/c16-9-4-11(17)10-6-13(18-12(10)5-9)14(20)19-3-1-2-8(7-19)15(21)22/h4-6,8,18H,1-3,7H2,(H,21,22). The van der Waals surface area contributed by atoms with E-state index in [-0.39, 0.29) is 18.1 Å². The van der Waals surface area contributed by atoms with E-state index in [1.807, 2.05) is 0 Å². The topological polar surface area (TPSA) is 73.4 Å². The molecule has 0 aliphatic carbocycles. The fourth-order valence-electron chi connectivity index (χ4n) is 2.81. The number of likely N-dealkylation sites (tertiary alicyclic amines) is 1. The number of benzene rings is 1. The molecule has 2 N–H and O–H groups in total. The molecule has 1 fully saturated rings. The van der Waals surface area contributed by atoms with Gasteiger partial charge in [0.1, 0.15) is 11.5 Å². The van der Waals surface area contributed by atoms with Crippen LogP contribution in [0.25, 0.3) is 10.9 Å². The van der Waals surface area contributed by atoms with Crippen molar-refractivity contribution in [1.29, 1.82) is 0 Å². The molecule has 2 aromatic rings. The van der Waals surface area contributed by atoms with Gasteiger partial charge in [-0.3, -0.25) is 9.59 Å². The van der Waals surface area contributed by atoms with Gasteiger partial charge in [0, 0.05) is 22.9 Å². The van der Waals surface area contributed by atoms with Crippen LogP contribution in [-0.4, -0.2) is 40.0 Å². The van der Waals surface area contributed by atoms with E-state index in [0.29, 0.717) is 34.8 Å². The van der Waals surface area contributed by atoms with Crippen LogP contribution in [0.15, 0.2) is 22.7 Å². The van der Waals surface area contributed by atoms with Gasteiger partial charge in [0.05, 0.1) is 11.4 Å². The highest BCUT2D eigenvalue weighted by molar-refractivity contribution is 9.10. The second-order valence-corrected chi connectivity index (χ2v) is 6.38. The molecule has 1 unspecified atom stereocenters. The van der Waals surface area contributed by atoms with Crippen molar-refractivity contribution in [3.05, 3.63) is 34.2 Å². The highest BCUT2D eigenvalue weighted by Crippen LogP contribution is 2.25. The number of aromatic nitrogens is 1. The van der Waals surface area contributed by atoms with Crippen LogP contribution >= 0.6 is 15.9 Å². The summed E-state index contributed by atoms with van der Waals surface area (Å²) >= 11 is 3.21. The molecule has 2 heterocycles. The zero-order valence-corrected chi connectivity index (χ0v) is 13.2. The van der Waals surface area contributed by atoms with E-state index >= 15 is 0 Å². The van der Waals surface area contributed by atoms with Gasteiger partial charge in [0.25, 0.3) is 5.91 Å². The van der Waals surface area contributed by atoms with Crippen molar-refractivity contribution >= 4 is 38.7 Å². The average Bonchev–Trinajstić information content (AvgIpc) is 2.90. The Balaban J connectivity index is 1.89. The van der Waals surface area contributed by atoms with E-state index in [1.54, 1.807) is 6.07 Å². The molecule has 22 heavy (non-hydrogen) atoms. The molecule has 1 aromatic carbocycles. The molecule has 1 aliphatic rings. The molecule has 0 bridgehead atoms. The van der Waals surface area contributed by atoms with Crippen LogP contribution < -0.4 is 0 Å². The van der Waals surface area contributed by atoms with Crippen LogP contribution in [0.3, 0.4) is 0 Å². The lowest BCUT2D eigenvalue weighted by molar-refractivity contribution is -0.143. The van der Waals surface area contributed by atoms with Crippen LogP contribution in [0.5, 0.6) is 0 Å². The third-order valence-corrected chi connectivity index (χ3v) is 4.40. The number of aromatic amines is 1. The van der Waals surface area contributed by atoms with E-state index in [4.69, 9.17) is 5.11 Å². The first-order chi connectivity index (χ1) is 10.5. The van der Waals surface area contributed by atoms with Crippen LogP contribution in [0.4, 0.5) is 4.39 Å². The van der Waals surface area contributed by atoms with Gasteiger partial charge in [0.2, 0.25) is 0 Å². The van der Waals surface area contributed by atoms with E-state index in [9.17, 15) is 14.0 Å². The summed E-state index contributed by atoms with van der Waals surface area (Å²) in [6.07, 6.45) is 1.23. The molecule has 1 atom stereocenters. The van der Waals surface area contributed by atoms with Gasteiger partial charge in [-0.25, -0.2) is 4.39 Å². The second-order valence-electron chi connectivity index (χ2n) is 5.46. The molecule has 116 valence electrons. The maximum absolute atomic E-state index is 13.9. The van der Waals surface area contributed by atoms with Crippen LogP contribution in [-0.2, 0) is 4.79 Å². The molecular formula is C15H14BrFN2O3. The highest BCUT2D eigenvalue weighted by Gasteiger charge is 2.29. The number of piperidine rings is 1. The number of rotatable bonds is 2. The number of halogens is 2. The van der Waals surface area contributed by atoms with Crippen molar-refractivity contribution in [3.8, 4) is 0 Å². The molecule has 0 radical (unpaired) electrons. The molecule has 1 saturated heterocycles. The Kier molecular flexibility index (Phi) is 3.90. The molecule has 1 amide bonds. The fraction of sp³-hybridized carbons (Fsp3) is 0.333. The van der Waals surface area contributed by atoms with Gasteiger partial charge in [-0.1, -0.05) is 15.9 Å². The first kappa shape index (κ1) is 15.0. The lowest BCUT2D eigenvalue weighted by atomic mass is 9.98. The molecule has 1 aliphatic heterocycles. The quantitative estimate of drug-likeness (QED) is 0.855. The van der Waals surface area contributed by atoms with E-state index in [1.165, 1.54) is 17.0 Å². The van der Waals surface area contributed by atoms with Crippen molar-refractivity contribution in [1.82, 2.24) is 9.88 Å². The van der Waals surface area contributed by atoms with Gasteiger partial charge < -0.3 is 15.0 Å². The van der Waals surface area contributed by atoms with Crippen molar-refractivity contribution in [2.75, 3.05) is 13.1 Å². The normalized spacial score (nSPS) is 18.6. The monoisotopic (exact) mass is 368 g/mol. The Morgan fingerprint density at radius 3 is 2.86 bits per heavy atom. The number of aliphatic carboxylic acids is 1. The third-order valence-electron chi connectivity index (χ3n) is 3.94. The smallest absolute Gasteiger partial charge is 0.308 e.